The standard InChI is InChI=1S/C21H16N4O3S2/c1-27-29-17-7-2-14(3-8-17)16-6-11-19(22-12-16)21-24-20(13-23-25-21)15-4-9-18(10-5-15)30-28-26/h2-13,26H,1H3/p+1. The average molecular weight is 438 g/mol. The summed E-state index contributed by atoms with van der Waals surface area (Å²) >= 11 is 2.21. The van der Waals surface area contributed by atoms with E-state index in [0.29, 0.717) is 11.5 Å². The minimum atomic E-state index is 0.503. The highest BCUT2D eigenvalue weighted by Gasteiger charge is 2.13. The SMILES string of the molecule is COSc1ccc(-c2ccc(-c3nncc(-c4ccc(SOO)cc4)n3)[nH+]c2)cc1. The second-order valence-electron chi connectivity index (χ2n) is 6.11. The molecule has 0 bridgehead atoms. The molecule has 2 aromatic carbocycles. The zero-order valence-electron chi connectivity index (χ0n) is 15.9. The molecule has 2 aromatic heterocycles. The van der Waals surface area contributed by atoms with Crippen LogP contribution in [-0.2, 0) is 8.52 Å². The Balaban J connectivity index is 1.55. The minimum absolute atomic E-state index is 0.503. The normalized spacial score (nSPS) is 10.9. The molecule has 0 fully saturated rings. The van der Waals surface area contributed by atoms with Gasteiger partial charge in [0.2, 0.25) is 5.82 Å². The van der Waals surface area contributed by atoms with Gasteiger partial charge in [-0.2, -0.15) is 9.43 Å². The van der Waals surface area contributed by atoms with Crippen LogP contribution in [0.4, 0.5) is 0 Å². The van der Waals surface area contributed by atoms with Crippen molar-refractivity contribution in [2.45, 2.75) is 9.79 Å². The Hall–Kier alpha value is -2.82. The van der Waals surface area contributed by atoms with Gasteiger partial charge in [-0.05, 0) is 35.9 Å². The second-order valence-corrected chi connectivity index (χ2v) is 7.87. The third-order valence-electron chi connectivity index (χ3n) is 4.26. The highest BCUT2D eigenvalue weighted by Crippen LogP contribution is 2.25. The van der Waals surface area contributed by atoms with E-state index in [2.05, 4.69) is 24.5 Å². The highest BCUT2D eigenvalue weighted by atomic mass is 32.2. The van der Waals surface area contributed by atoms with Gasteiger partial charge in [0, 0.05) is 39.0 Å². The number of benzene rings is 2. The first-order valence-electron chi connectivity index (χ1n) is 8.88. The van der Waals surface area contributed by atoms with E-state index in [9.17, 15) is 0 Å². The van der Waals surface area contributed by atoms with Crippen LogP contribution in [0.1, 0.15) is 0 Å². The van der Waals surface area contributed by atoms with E-state index in [1.165, 1.54) is 12.0 Å². The molecule has 7 nitrogen and oxygen atoms in total. The van der Waals surface area contributed by atoms with Crippen LogP contribution in [0.15, 0.2) is 82.8 Å². The van der Waals surface area contributed by atoms with Crippen molar-refractivity contribution in [2.24, 2.45) is 0 Å². The Bertz CT molecular complexity index is 1110. The van der Waals surface area contributed by atoms with Crippen LogP contribution in [-0.4, -0.2) is 27.5 Å². The number of nitrogens with zero attached hydrogens (tertiary/aromatic N) is 3. The van der Waals surface area contributed by atoms with E-state index in [0.717, 1.165) is 44.2 Å². The molecule has 0 saturated carbocycles. The van der Waals surface area contributed by atoms with Crippen LogP contribution in [0, 0.1) is 0 Å². The van der Waals surface area contributed by atoms with Gasteiger partial charge in [-0.25, -0.2) is 15.2 Å². The number of H-pyrrole nitrogens is 1. The predicted molar refractivity (Wildman–Crippen MR) is 115 cm³/mol. The van der Waals surface area contributed by atoms with Gasteiger partial charge >= 0.3 is 0 Å². The Morgan fingerprint density at radius 1 is 0.833 bits per heavy atom. The molecule has 0 radical (unpaired) electrons. The largest absolute Gasteiger partial charge is 0.314 e. The second kappa shape index (κ2) is 9.79. The number of aromatic nitrogens is 4. The summed E-state index contributed by atoms with van der Waals surface area (Å²) in [4.78, 5) is 9.70. The van der Waals surface area contributed by atoms with E-state index < -0.39 is 0 Å². The first kappa shape index (κ1) is 20.5. The molecule has 0 aliphatic rings. The zero-order valence-corrected chi connectivity index (χ0v) is 17.5. The van der Waals surface area contributed by atoms with E-state index in [1.54, 1.807) is 13.3 Å². The molecule has 0 aliphatic carbocycles. The van der Waals surface area contributed by atoms with Crippen LogP contribution in [0.3, 0.4) is 0 Å². The number of rotatable bonds is 7. The van der Waals surface area contributed by atoms with Crippen molar-refractivity contribution in [3.05, 3.63) is 73.1 Å². The lowest BCUT2D eigenvalue weighted by Crippen LogP contribution is -2.09. The number of pyridine rings is 1. The van der Waals surface area contributed by atoms with Gasteiger partial charge in [-0.1, -0.05) is 24.3 Å². The van der Waals surface area contributed by atoms with Gasteiger partial charge in [0.25, 0.3) is 5.69 Å². The fraction of sp³-hybridized carbons (Fsp3) is 0.0476. The summed E-state index contributed by atoms with van der Waals surface area (Å²) in [5.74, 6) is 0.503. The fourth-order valence-corrected chi connectivity index (χ4v) is 3.60. The quantitative estimate of drug-likeness (QED) is 0.250. The van der Waals surface area contributed by atoms with Crippen LogP contribution < -0.4 is 4.98 Å². The summed E-state index contributed by atoms with van der Waals surface area (Å²) in [6, 6.07) is 19.5. The molecule has 0 spiro atoms. The van der Waals surface area contributed by atoms with Crippen LogP contribution in [0.25, 0.3) is 33.9 Å². The summed E-state index contributed by atoms with van der Waals surface area (Å²) < 4.78 is 9.15. The molecule has 9 heteroatoms. The molecular formula is C21H17N4O3S2+. The topological polar surface area (TPSA) is 91.5 Å². The molecule has 0 aliphatic heterocycles. The summed E-state index contributed by atoms with van der Waals surface area (Å²) in [5, 5.41) is 16.8. The van der Waals surface area contributed by atoms with E-state index in [4.69, 9.17) is 9.44 Å². The van der Waals surface area contributed by atoms with Crippen molar-refractivity contribution in [1.29, 1.82) is 0 Å². The van der Waals surface area contributed by atoms with E-state index in [1.807, 2.05) is 66.9 Å². The molecule has 150 valence electrons. The summed E-state index contributed by atoms with van der Waals surface area (Å²) in [5.41, 5.74) is 4.50. The van der Waals surface area contributed by atoms with Gasteiger partial charge < -0.3 is 4.18 Å². The maximum absolute atomic E-state index is 8.52. The van der Waals surface area contributed by atoms with Crippen LogP contribution >= 0.6 is 24.1 Å². The fourth-order valence-electron chi connectivity index (χ4n) is 2.82. The first-order chi connectivity index (χ1) is 14.8. The van der Waals surface area contributed by atoms with Crippen LogP contribution in [0.2, 0.25) is 0 Å². The lowest BCUT2D eigenvalue weighted by molar-refractivity contribution is -0.364. The summed E-state index contributed by atoms with van der Waals surface area (Å²) in [6.07, 6.45) is 3.53. The van der Waals surface area contributed by atoms with Crippen LogP contribution in [0.5, 0.6) is 0 Å². The Labute approximate surface area is 181 Å². The maximum atomic E-state index is 8.52. The van der Waals surface area contributed by atoms with E-state index in [-0.39, 0.29) is 0 Å². The molecule has 2 N–H and O–H groups in total. The monoisotopic (exact) mass is 437 g/mol. The maximum Gasteiger partial charge on any atom is 0.250 e. The molecule has 4 rings (SSSR count). The number of nitrogens with one attached hydrogen (secondary N) is 1. The molecule has 0 amide bonds. The lowest BCUT2D eigenvalue weighted by atomic mass is 10.1. The van der Waals surface area contributed by atoms with Crippen molar-refractivity contribution in [2.75, 3.05) is 7.11 Å². The lowest BCUT2D eigenvalue weighted by Gasteiger charge is -2.03. The average Bonchev–Trinajstić information content (AvgIpc) is 2.81. The van der Waals surface area contributed by atoms with Crippen molar-refractivity contribution < 1.29 is 18.8 Å². The van der Waals surface area contributed by atoms with E-state index >= 15 is 0 Å². The third-order valence-corrected chi connectivity index (χ3v) is 5.43. The van der Waals surface area contributed by atoms with Gasteiger partial charge in [0.15, 0.2) is 6.20 Å². The molecule has 0 saturated heterocycles. The zero-order chi connectivity index (χ0) is 20.8. The number of aromatic amines is 1. The first-order valence-corrected chi connectivity index (χ1v) is 10.4. The molecule has 2 heterocycles. The summed E-state index contributed by atoms with van der Waals surface area (Å²) in [7, 11) is 1.65. The number of hydrogen-bond acceptors (Lipinski definition) is 8. The minimum Gasteiger partial charge on any atom is -0.314 e. The Morgan fingerprint density at radius 2 is 1.50 bits per heavy atom. The van der Waals surface area contributed by atoms with Crippen molar-refractivity contribution >= 4 is 24.1 Å². The Morgan fingerprint density at radius 3 is 2.13 bits per heavy atom. The van der Waals surface area contributed by atoms with Gasteiger partial charge in [0.1, 0.15) is 0 Å². The smallest absolute Gasteiger partial charge is 0.250 e. The molecular weight excluding hydrogens is 420 g/mol. The van der Waals surface area contributed by atoms with Crippen molar-refractivity contribution in [1.82, 2.24) is 15.2 Å². The summed E-state index contributed by atoms with van der Waals surface area (Å²) in [6.45, 7) is 0. The van der Waals surface area contributed by atoms with Crippen molar-refractivity contribution in [3.63, 3.8) is 0 Å². The van der Waals surface area contributed by atoms with Gasteiger partial charge in [0.05, 0.1) is 31.0 Å². The number of hydrogen-bond donors (Lipinski definition) is 1. The van der Waals surface area contributed by atoms with Gasteiger partial charge in [-0.15, -0.1) is 5.10 Å². The molecule has 4 aromatic rings. The molecule has 30 heavy (non-hydrogen) atoms. The highest BCUT2D eigenvalue weighted by molar-refractivity contribution is 7.94. The Kier molecular flexibility index (Phi) is 6.67. The predicted octanol–water partition coefficient (Wildman–Crippen LogP) is 4.84. The molecule has 0 unspecified atom stereocenters. The third kappa shape index (κ3) is 4.84. The molecule has 0 atom stereocenters. The van der Waals surface area contributed by atoms with Gasteiger partial charge in [-0.3, -0.25) is 0 Å². The van der Waals surface area contributed by atoms with Crippen molar-refractivity contribution in [3.8, 4) is 33.9 Å².